The smallest absolute Gasteiger partial charge is 0.318 e. The summed E-state index contributed by atoms with van der Waals surface area (Å²) in [5, 5.41) is 3.08. The number of urea groups is 1. The lowest BCUT2D eigenvalue weighted by atomic mass is 10.1. The van der Waals surface area contributed by atoms with Gasteiger partial charge in [-0.3, -0.25) is 0 Å². The quantitative estimate of drug-likeness (QED) is 0.408. The summed E-state index contributed by atoms with van der Waals surface area (Å²) in [6, 6.07) is 4.44. The van der Waals surface area contributed by atoms with Crippen molar-refractivity contribution >= 4 is 35.1 Å². The maximum Gasteiger partial charge on any atom is 0.318 e. The largest absolute Gasteiger partial charge is 0.482 e. The third-order valence-electron chi connectivity index (χ3n) is 6.54. The van der Waals surface area contributed by atoms with E-state index in [0.29, 0.717) is 11.1 Å². The lowest BCUT2D eigenvalue weighted by molar-refractivity contribution is 0.176. The highest BCUT2D eigenvalue weighted by Crippen LogP contribution is 2.36. The first-order valence-corrected chi connectivity index (χ1v) is 12.9. The van der Waals surface area contributed by atoms with Crippen LogP contribution in [-0.2, 0) is 0 Å². The molecule has 2 saturated heterocycles. The van der Waals surface area contributed by atoms with E-state index >= 15 is 0 Å². The molecule has 2 atom stereocenters. The van der Waals surface area contributed by atoms with Crippen molar-refractivity contribution in [2.75, 3.05) is 38.5 Å². The first-order valence-electron chi connectivity index (χ1n) is 12.1. The molecule has 2 fully saturated rings. The van der Waals surface area contributed by atoms with E-state index in [1.165, 1.54) is 31.2 Å². The van der Waals surface area contributed by atoms with Crippen molar-refractivity contribution in [1.82, 2.24) is 20.1 Å². The highest BCUT2D eigenvalue weighted by Gasteiger charge is 2.30. The van der Waals surface area contributed by atoms with Gasteiger partial charge in [-0.15, -0.1) is 0 Å². The van der Waals surface area contributed by atoms with E-state index in [1.807, 2.05) is 4.90 Å². The third kappa shape index (κ3) is 6.33. The van der Waals surface area contributed by atoms with Crippen molar-refractivity contribution in [3.63, 3.8) is 0 Å². The van der Waals surface area contributed by atoms with Crippen LogP contribution < -0.4 is 15.8 Å². The molecule has 0 spiro atoms. The zero-order chi connectivity index (χ0) is 25.7. The number of hydrogen-bond donors (Lipinski definition) is 2. The number of hydrogen-bond acceptors (Lipinski definition) is 5. The molecule has 2 aliphatic rings. The van der Waals surface area contributed by atoms with Gasteiger partial charge < -0.3 is 25.6 Å². The molecule has 2 aromatic rings. The maximum atomic E-state index is 13.9. The summed E-state index contributed by atoms with van der Waals surface area (Å²) >= 11 is 12.3. The van der Waals surface area contributed by atoms with E-state index in [1.54, 1.807) is 13.0 Å². The minimum absolute atomic E-state index is 0.0804. The SMILES string of the molecule is C[C@@H](Oc1cc(C#CCNC(=O)N2CCCC2CN2CCCC2)cnc1N)c1c(Cl)ccc(F)c1Cl. The molecule has 4 rings (SSSR count). The lowest BCUT2D eigenvalue weighted by Crippen LogP contribution is -2.47. The second-order valence-corrected chi connectivity index (χ2v) is 9.87. The van der Waals surface area contributed by atoms with Gasteiger partial charge in [0, 0.05) is 47.5 Å². The molecule has 10 heteroatoms. The van der Waals surface area contributed by atoms with Crippen molar-refractivity contribution in [2.24, 2.45) is 0 Å². The number of benzene rings is 1. The van der Waals surface area contributed by atoms with Crippen molar-refractivity contribution in [2.45, 2.75) is 44.8 Å². The summed E-state index contributed by atoms with van der Waals surface area (Å²) in [6.45, 7) is 5.87. The minimum Gasteiger partial charge on any atom is -0.482 e. The Morgan fingerprint density at radius 2 is 2.08 bits per heavy atom. The maximum absolute atomic E-state index is 13.9. The van der Waals surface area contributed by atoms with Gasteiger partial charge in [-0.1, -0.05) is 35.0 Å². The predicted octanol–water partition coefficient (Wildman–Crippen LogP) is 4.87. The molecule has 0 saturated carbocycles. The Morgan fingerprint density at radius 3 is 2.86 bits per heavy atom. The fourth-order valence-corrected chi connectivity index (χ4v) is 5.38. The van der Waals surface area contributed by atoms with Gasteiger partial charge in [-0.05, 0) is 57.8 Å². The van der Waals surface area contributed by atoms with Crippen LogP contribution in [0.1, 0.15) is 49.8 Å². The number of nitrogen functional groups attached to an aromatic ring is 1. The summed E-state index contributed by atoms with van der Waals surface area (Å²) in [7, 11) is 0. The number of halogens is 3. The predicted molar refractivity (Wildman–Crippen MR) is 140 cm³/mol. The van der Waals surface area contributed by atoms with E-state index in [-0.39, 0.29) is 40.2 Å². The number of likely N-dealkylation sites (tertiary alicyclic amines) is 2. The number of carbonyl (C=O) groups excluding carboxylic acids is 1. The van der Waals surface area contributed by atoms with Crippen LogP contribution in [0.2, 0.25) is 10.0 Å². The van der Waals surface area contributed by atoms with Crippen LogP contribution in [-0.4, -0.2) is 59.6 Å². The molecular weight excluding hydrogens is 504 g/mol. The lowest BCUT2D eigenvalue weighted by Gasteiger charge is -2.28. The van der Waals surface area contributed by atoms with Crippen LogP contribution in [0.15, 0.2) is 24.4 Å². The van der Waals surface area contributed by atoms with Crippen LogP contribution in [0.25, 0.3) is 0 Å². The Labute approximate surface area is 221 Å². The van der Waals surface area contributed by atoms with Gasteiger partial charge in [0.2, 0.25) is 0 Å². The molecule has 2 amide bonds. The van der Waals surface area contributed by atoms with E-state index in [2.05, 4.69) is 27.0 Å². The second-order valence-electron chi connectivity index (χ2n) is 9.08. The normalized spacial score (nSPS) is 18.6. The number of amides is 2. The second kappa shape index (κ2) is 12.0. The number of anilines is 1. The van der Waals surface area contributed by atoms with Gasteiger partial charge in [-0.2, -0.15) is 0 Å². The highest BCUT2D eigenvalue weighted by molar-refractivity contribution is 6.36. The number of nitrogens with two attached hydrogens (primary N) is 1. The number of ether oxygens (including phenoxy) is 1. The summed E-state index contributed by atoms with van der Waals surface area (Å²) in [6.07, 6.45) is 5.40. The first-order chi connectivity index (χ1) is 17.3. The average Bonchev–Trinajstić information content (AvgIpc) is 3.54. The Hall–Kier alpha value is -2.73. The summed E-state index contributed by atoms with van der Waals surface area (Å²) in [5.41, 5.74) is 6.85. The monoisotopic (exact) mass is 533 g/mol. The zero-order valence-electron chi connectivity index (χ0n) is 20.2. The van der Waals surface area contributed by atoms with Crippen molar-refractivity contribution < 1.29 is 13.9 Å². The molecule has 1 aromatic heterocycles. The molecular formula is C26H30Cl2FN5O2. The molecule has 0 aliphatic carbocycles. The molecule has 1 aromatic carbocycles. The van der Waals surface area contributed by atoms with E-state index in [4.69, 9.17) is 33.7 Å². The fraction of sp³-hybridized carbons (Fsp3) is 0.462. The topological polar surface area (TPSA) is 83.7 Å². The molecule has 2 aliphatic heterocycles. The Balaban J connectivity index is 1.34. The van der Waals surface area contributed by atoms with Crippen LogP contribution in [0, 0.1) is 17.7 Å². The standard InChI is InChI=1S/C26H30Cl2FN5O2/c1-17(23-20(27)8-9-21(29)24(23)28)36-22-14-18(15-32-25(22)30)6-4-10-31-26(35)34-13-5-7-19(34)16-33-11-2-3-12-33/h8-9,14-15,17,19H,2-3,5,7,10-13,16H2,1H3,(H2,30,32)(H,31,35)/t17-,19?/m1/s1. The van der Waals surface area contributed by atoms with Crippen LogP contribution in [0.5, 0.6) is 5.75 Å². The molecule has 0 bridgehead atoms. The van der Waals surface area contributed by atoms with Gasteiger partial charge in [0.05, 0.1) is 11.6 Å². The Kier molecular flexibility index (Phi) is 8.78. The zero-order valence-corrected chi connectivity index (χ0v) is 21.7. The van der Waals surface area contributed by atoms with Crippen LogP contribution >= 0.6 is 23.2 Å². The van der Waals surface area contributed by atoms with Crippen LogP contribution in [0.4, 0.5) is 15.0 Å². The van der Waals surface area contributed by atoms with Crippen molar-refractivity contribution in [1.29, 1.82) is 0 Å². The number of pyridine rings is 1. The van der Waals surface area contributed by atoms with Gasteiger partial charge >= 0.3 is 6.03 Å². The Morgan fingerprint density at radius 1 is 1.31 bits per heavy atom. The molecule has 0 radical (unpaired) electrons. The molecule has 1 unspecified atom stereocenters. The summed E-state index contributed by atoms with van der Waals surface area (Å²) in [5.74, 6) is 5.77. The minimum atomic E-state index is -0.679. The van der Waals surface area contributed by atoms with E-state index < -0.39 is 11.9 Å². The van der Waals surface area contributed by atoms with E-state index in [9.17, 15) is 9.18 Å². The average molecular weight is 534 g/mol. The Bertz CT molecular complexity index is 1160. The fourth-order valence-electron chi connectivity index (χ4n) is 4.71. The summed E-state index contributed by atoms with van der Waals surface area (Å²) < 4.78 is 19.8. The van der Waals surface area contributed by atoms with Crippen molar-refractivity contribution in [3.8, 4) is 17.6 Å². The molecule has 3 heterocycles. The number of nitrogens with zero attached hydrogens (tertiary/aromatic N) is 3. The third-order valence-corrected chi connectivity index (χ3v) is 7.25. The van der Waals surface area contributed by atoms with E-state index in [0.717, 1.165) is 39.0 Å². The van der Waals surface area contributed by atoms with Gasteiger partial charge in [0.1, 0.15) is 11.9 Å². The van der Waals surface area contributed by atoms with Gasteiger partial charge in [-0.25, -0.2) is 14.2 Å². The first kappa shape index (κ1) is 26.3. The number of aromatic nitrogens is 1. The van der Waals surface area contributed by atoms with Crippen molar-refractivity contribution in [3.05, 3.63) is 51.4 Å². The van der Waals surface area contributed by atoms with Crippen LogP contribution in [0.3, 0.4) is 0 Å². The molecule has 3 N–H and O–H groups in total. The number of rotatable bonds is 6. The summed E-state index contributed by atoms with van der Waals surface area (Å²) in [4.78, 5) is 21.2. The number of nitrogens with one attached hydrogen (secondary N) is 1. The molecule has 36 heavy (non-hydrogen) atoms. The van der Waals surface area contributed by atoms with Gasteiger partial charge in [0.15, 0.2) is 11.6 Å². The van der Waals surface area contributed by atoms with Gasteiger partial charge in [0.25, 0.3) is 0 Å². The molecule has 192 valence electrons. The molecule has 7 nitrogen and oxygen atoms in total. The number of carbonyl (C=O) groups is 1. The highest BCUT2D eigenvalue weighted by atomic mass is 35.5.